The number of rotatable bonds is 5. The Labute approximate surface area is 127 Å². The zero-order valence-electron chi connectivity index (χ0n) is 11.9. The number of anilines is 1. The van der Waals surface area contributed by atoms with Crippen LogP contribution in [0.5, 0.6) is 11.6 Å². The van der Waals surface area contributed by atoms with Gasteiger partial charge in [-0.2, -0.15) is 4.98 Å². The van der Waals surface area contributed by atoms with E-state index in [1.807, 2.05) is 38.1 Å². The smallest absolute Gasteiger partial charge is 0.224 e. The fraction of sp³-hybridized carbons (Fsp3) is 0.333. The van der Waals surface area contributed by atoms with Crippen LogP contribution in [0.4, 0.5) is 5.82 Å². The second-order valence-electron chi connectivity index (χ2n) is 4.58. The van der Waals surface area contributed by atoms with Crippen LogP contribution in [0.25, 0.3) is 0 Å². The van der Waals surface area contributed by atoms with Crippen molar-refractivity contribution in [2.75, 3.05) is 11.9 Å². The molecule has 0 spiro atoms. The lowest BCUT2D eigenvalue weighted by Crippen LogP contribution is -2.04. The van der Waals surface area contributed by atoms with Crippen LogP contribution in [0.3, 0.4) is 0 Å². The third-order valence-corrected chi connectivity index (χ3v) is 3.23. The Hall–Kier alpha value is -1.62. The molecule has 0 radical (unpaired) electrons. The van der Waals surface area contributed by atoms with Crippen LogP contribution in [0.1, 0.15) is 24.7 Å². The lowest BCUT2D eigenvalue weighted by Gasteiger charge is -2.11. The highest BCUT2D eigenvalue weighted by atomic mass is 79.9. The van der Waals surface area contributed by atoms with E-state index in [0.717, 1.165) is 34.6 Å². The van der Waals surface area contributed by atoms with Gasteiger partial charge in [0, 0.05) is 17.1 Å². The molecular weight excluding hydrogens is 318 g/mol. The van der Waals surface area contributed by atoms with Gasteiger partial charge in [-0.15, -0.1) is 0 Å². The number of nitrogens with zero attached hydrogens (tertiary/aromatic N) is 2. The molecule has 0 aliphatic rings. The zero-order chi connectivity index (χ0) is 14.5. The monoisotopic (exact) mass is 335 g/mol. The normalized spacial score (nSPS) is 10.4. The summed E-state index contributed by atoms with van der Waals surface area (Å²) in [6.45, 7) is 6.86. The number of ether oxygens (including phenoxy) is 1. The summed E-state index contributed by atoms with van der Waals surface area (Å²) in [7, 11) is 0. The number of benzene rings is 1. The molecule has 2 aromatic rings. The fourth-order valence-electron chi connectivity index (χ4n) is 1.73. The molecule has 1 aromatic heterocycles. The summed E-state index contributed by atoms with van der Waals surface area (Å²) in [5, 5.41) is 3.25. The highest BCUT2D eigenvalue weighted by Crippen LogP contribution is 2.28. The molecule has 0 amide bonds. The number of halogens is 1. The Morgan fingerprint density at radius 2 is 2.00 bits per heavy atom. The molecule has 0 bridgehead atoms. The summed E-state index contributed by atoms with van der Waals surface area (Å²) in [4.78, 5) is 8.66. The summed E-state index contributed by atoms with van der Waals surface area (Å²) < 4.78 is 6.85. The molecule has 0 saturated carbocycles. The van der Waals surface area contributed by atoms with E-state index in [1.165, 1.54) is 0 Å². The van der Waals surface area contributed by atoms with E-state index in [4.69, 9.17) is 4.74 Å². The topological polar surface area (TPSA) is 47.0 Å². The van der Waals surface area contributed by atoms with E-state index < -0.39 is 0 Å². The molecule has 20 heavy (non-hydrogen) atoms. The number of aromatic nitrogens is 2. The highest BCUT2D eigenvalue weighted by molar-refractivity contribution is 9.10. The summed E-state index contributed by atoms with van der Waals surface area (Å²) in [6.07, 6.45) is 1.05. The molecule has 1 heterocycles. The van der Waals surface area contributed by atoms with Gasteiger partial charge < -0.3 is 10.1 Å². The average molecular weight is 336 g/mol. The zero-order valence-corrected chi connectivity index (χ0v) is 13.5. The minimum Gasteiger partial charge on any atom is -0.439 e. The largest absolute Gasteiger partial charge is 0.439 e. The van der Waals surface area contributed by atoms with Crippen molar-refractivity contribution in [1.82, 2.24) is 9.97 Å². The Balaban J connectivity index is 2.24. The van der Waals surface area contributed by atoms with Gasteiger partial charge in [0.2, 0.25) is 5.88 Å². The van der Waals surface area contributed by atoms with Crippen molar-refractivity contribution in [1.29, 1.82) is 0 Å². The first-order chi connectivity index (χ1) is 9.58. The second-order valence-corrected chi connectivity index (χ2v) is 5.49. The predicted molar refractivity (Wildman–Crippen MR) is 84.5 cm³/mol. The molecular formula is C15H18BrN3O. The van der Waals surface area contributed by atoms with E-state index >= 15 is 0 Å². The molecule has 0 fully saturated rings. The van der Waals surface area contributed by atoms with E-state index in [1.54, 1.807) is 0 Å². The van der Waals surface area contributed by atoms with Gasteiger partial charge in [0.1, 0.15) is 17.4 Å². The number of hydrogen-bond acceptors (Lipinski definition) is 4. The molecule has 0 atom stereocenters. The Morgan fingerprint density at radius 3 is 2.75 bits per heavy atom. The molecule has 0 aliphatic carbocycles. The van der Waals surface area contributed by atoms with Crippen molar-refractivity contribution in [3.05, 3.63) is 40.1 Å². The van der Waals surface area contributed by atoms with Crippen molar-refractivity contribution >= 4 is 21.7 Å². The first kappa shape index (κ1) is 14.8. The van der Waals surface area contributed by atoms with Gasteiger partial charge in [-0.05, 0) is 38.0 Å². The molecule has 0 aliphatic heterocycles. The van der Waals surface area contributed by atoms with E-state index in [0.29, 0.717) is 11.7 Å². The van der Waals surface area contributed by atoms with E-state index in [9.17, 15) is 0 Å². The van der Waals surface area contributed by atoms with Crippen LogP contribution < -0.4 is 10.1 Å². The molecule has 106 valence electrons. The minimum absolute atomic E-state index is 0.553. The van der Waals surface area contributed by atoms with Crippen molar-refractivity contribution < 1.29 is 4.74 Å². The summed E-state index contributed by atoms with van der Waals surface area (Å²) in [5.41, 5.74) is 1.06. The predicted octanol–water partition coefficient (Wildman–Crippen LogP) is 4.47. The van der Waals surface area contributed by atoms with E-state index in [2.05, 4.69) is 38.1 Å². The Bertz CT molecular complexity index is 602. The quantitative estimate of drug-likeness (QED) is 0.875. The van der Waals surface area contributed by atoms with Crippen molar-refractivity contribution in [2.24, 2.45) is 0 Å². The molecule has 1 aromatic carbocycles. The third kappa shape index (κ3) is 3.93. The fourth-order valence-corrected chi connectivity index (χ4v) is 2.07. The SMILES string of the molecule is CCCNc1cc(Oc2cc(Br)ccc2C)nc(C)n1. The first-order valence-corrected chi connectivity index (χ1v) is 7.41. The second kappa shape index (κ2) is 6.70. The van der Waals surface area contributed by atoms with Crippen LogP contribution >= 0.6 is 15.9 Å². The van der Waals surface area contributed by atoms with Gasteiger partial charge in [0.25, 0.3) is 0 Å². The molecule has 0 unspecified atom stereocenters. The van der Waals surface area contributed by atoms with E-state index in [-0.39, 0.29) is 0 Å². The number of aryl methyl sites for hydroxylation is 2. The maximum absolute atomic E-state index is 5.87. The Kier molecular flexibility index (Phi) is 4.95. The van der Waals surface area contributed by atoms with Gasteiger partial charge in [0.15, 0.2) is 0 Å². The minimum atomic E-state index is 0.553. The van der Waals surface area contributed by atoms with Crippen molar-refractivity contribution in [3.8, 4) is 11.6 Å². The number of hydrogen-bond donors (Lipinski definition) is 1. The van der Waals surface area contributed by atoms with Crippen LogP contribution in [0, 0.1) is 13.8 Å². The van der Waals surface area contributed by atoms with Gasteiger partial charge in [-0.3, -0.25) is 0 Å². The standard InChI is InChI=1S/C15H18BrN3O/c1-4-7-17-14-9-15(19-11(3)18-14)20-13-8-12(16)6-5-10(13)2/h5-6,8-9H,4,7H2,1-3H3,(H,17,18,19). The third-order valence-electron chi connectivity index (χ3n) is 2.74. The maximum atomic E-state index is 5.87. The summed E-state index contributed by atoms with van der Waals surface area (Å²) >= 11 is 3.45. The molecule has 2 rings (SSSR count). The first-order valence-electron chi connectivity index (χ1n) is 6.62. The maximum Gasteiger partial charge on any atom is 0.224 e. The molecule has 5 heteroatoms. The Morgan fingerprint density at radius 1 is 1.20 bits per heavy atom. The molecule has 4 nitrogen and oxygen atoms in total. The van der Waals surface area contributed by atoms with Gasteiger partial charge >= 0.3 is 0 Å². The van der Waals surface area contributed by atoms with Gasteiger partial charge in [-0.1, -0.05) is 28.9 Å². The summed E-state index contributed by atoms with van der Waals surface area (Å²) in [6, 6.07) is 7.75. The van der Waals surface area contributed by atoms with Gasteiger partial charge in [-0.25, -0.2) is 4.98 Å². The lowest BCUT2D eigenvalue weighted by atomic mass is 10.2. The average Bonchev–Trinajstić information content (AvgIpc) is 2.40. The van der Waals surface area contributed by atoms with Crippen molar-refractivity contribution in [3.63, 3.8) is 0 Å². The highest BCUT2D eigenvalue weighted by Gasteiger charge is 2.06. The molecule has 0 saturated heterocycles. The van der Waals surface area contributed by atoms with Crippen LogP contribution in [-0.4, -0.2) is 16.5 Å². The van der Waals surface area contributed by atoms with Crippen LogP contribution in [-0.2, 0) is 0 Å². The van der Waals surface area contributed by atoms with Crippen LogP contribution in [0.15, 0.2) is 28.7 Å². The lowest BCUT2D eigenvalue weighted by molar-refractivity contribution is 0.456. The molecule has 1 N–H and O–H groups in total. The van der Waals surface area contributed by atoms with Crippen LogP contribution in [0.2, 0.25) is 0 Å². The van der Waals surface area contributed by atoms with Gasteiger partial charge in [0.05, 0.1) is 0 Å². The summed E-state index contributed by atoms with van der Waals surface area (Å²) in [5.74, 6) is 2.83. The van der Waals surface area contributed by atoms with Crippen molar-refractivity contribution in [2.45, 2.75) is 27.2 Å². The number of nitrogens with one attached hydrogen (secondary N) is 1.